The number of aryl methyl sites for hydroxylation is 2. The van der Waals surface area contributed by atoms with Gasteiger partial charge in [0.2, 0.25) is 17.6 Å². The van der Waals surface area contributed by atoms with Gasteiger partial charge >= 0.3 is 5.97 Å². The first-order valence-corrected chi connectivity index (χ1v) is 28.4. The minimum Gasteiger partial charge on any atom is -0.493 e. The molecule has 17 nitrogen and oxygen atoms in total. The van der Waals surface area contributed by atoms with E-state index in [-0.39, 0.29) is 35.6 Å². The number of aliphatic hydroxyl groups excluding tert-OH is 1. The Kier molecular flexibility index (Phi) is 20.8. The molecule has 3 N–H and O–H groups in total. The SMILES string of the molecule is CCC(C)(C)C(=O)C(=O)N1CCCC[C@H]1C(=O)O[C@H](CCc1ccc(OC)c(OC)c1)c1cccc(OCCNc2cccc(CN3C[C@@H](SC4=C(C=O)N(C(C)=O)[C@@H](C[C@@H](C)O)[C@H]4C)C[C@H]3C(=O)Nc3cccc(C)c3)n2)c1. The van der Waals surface area contributed by atoms with E-state index in [0.717, 1.165) is 34.4 Å². The number of Topliss-reactive ketones (excluding diaryl/α,β-unsaturated/α-hetero) is 1. The van der Waals surface area contributed by atoms with Crippen molar-refractivity contribution in [3.63, 3.8) is 0 Å². The summed E-state index contributed by atoms with van der Waals surface area (Å²) in [6, 6.07) is 24.7. The molecule has 0 spiro atoms. The second-order valence-corrected chi connectivity index (χ2v) is 22.9. The number of allylic oxidation sites excluding steroid dienone is 1. The number of methoxy groups -OCH3 is 2. The van der Waals surface area contributed by atoms with E-state index in [9.17, 15) is 33.9 Å². The summed E-state index contributed by atoms with van der Waals surface area (Å²) in [5, 5.41) is 16.7. The molecule has 4 heterocycles. The number of hydrogen-bond acceptors (Lipinski definition) is 15. The molecule has 1 aromatic heterocycles. The Balaban J connectivity index is 1.03. The van der Waals surface area contributed by atoms with E-state index < -0.39 is 47.4 Å². The Hall–Kier alpha value is -6.76. The topological polar surface area (TPSA) is 206 Å². The lowest BCUT2D eigenvalue weighted by Crippen LogP contribution is -2.53. The van der Waals surface area contributed by atoms with Crippen molar-refractivity contribution in [1.82, 2.24) is 19.7 Å². The van der Waals surface area contributed by atoms with Crippen LogP contribution in [-0.2, 0) is 46.5 Å². The van der Waals surface area contributed by atoms with E-state index in [1.807, 2.05) is 106 Å². The highest BCUT2D eigenvalue weighted by atomic mass is 32.2. The zero-order valence-corrected chi connectivity index (χ0v) is 47.9. The summed E-state index contributed by atoms with van der Waals surface area (Å²) in [6.45, 7) is 14.3. The first-order chi connectivity index (χ1) is 37.8. The first kappa shape index (κ1) is 59.9. The second-order valence-electron chi connectivity index (χ2n) is 21.6. The zero-order chi connectivity index (χ0) is 57.0. The monoisotopic (exact) mass is 1100 g/mol. The lowest BCUT2D eigenvalue weighted by atomic mass is 9.84. The number of rotatable bonds is 25. The van der Waals surface area contributed by atoms with Gasteiger partial charge in [-0.2, -0.15) is 0 Å². The summed E-state index contributed by atoms with van der Waals surface area (Å²) in [6.07, 6.45) is 3.35. The number of esters is 1. The van der Waals surface area contributed by atoms with Crippen LogP contribution in [0.4, 0.5) is 11.5 Å². The Morgan fingerprint density at radius 1 is 0.949 bits per heavy atom. The third kappa shape index (κ3) is 15.1. The van der Waals surface area contributed by atoms with Gasteiger partial charge in [0.25, 0.3) is 5.91 Å². The largest absolute Gasteiger partial charge is 0.493 e. The van der Waals surface area contributed by atoms with Gasteiger partial charge in [-0.25, -0.2) is 9.78 Å². The van der Waals surface area contributed by atoms with Crippen molar-refractivity contribution < 1.29 is 52.8 Å². The predicted molar refractivity (Wildman–Crippen MR) is 305 cm³/mol. The number of pyridine rings is 1. The van der Waals surface area contributed by atoms with Crippen molar-refractivity contribution in [3.8, 4) is 17.2 Å². The van der Waals surface area contributed by atoms with Crippen LogP contribution < -0.4 is 24.8 Å². The molecule has 2 saturated heterocycles. The maximum absolute atomic E-state index is 14.2. The lowest BCUT2D eigenvalue weighted by molar-refractivity contribution is -0.164. The fraction of sp³-hybridized carbons (Fsp3) is 0.492. The number of hydrogen-bond donors (Lipinski definition) is 3. The highest BCUT2D eigenvalue weighted by molar-refractivity contribution is 8.03. The molecule has 3 aliphatic heterocycles. The highest BCUT2D eigenvalue weighted by Crippen LogP contribution is 2.46. The van der Waals surface area contributed by atoms with Crippen LogP contribution in [0.1, 0.15) is 115 Å². The van der Waals surface area contributed by atoms with Crippen LogP contribution >= 0.6 is 11.8 Å². The Morgan fingerprint density at radius 2 is 1.71 bits per heavy atom. The molecule has 0 bridgehead atoms. The average Bonchev–Trinajstić information content (AvgIpc) is 3.97. The van der Waals surface area contributed by atoms with Crippen LogP contribution in [0.2, 0.25) is 0 Å². The van der Waals surface area contributed by atoms with Gasteiger partial charge < -0.3 is 44.5 Å². The van der Waals surface area contributed by atoms with Gasteiger partial charge in [0.1, 0.15) is 30.3 Å². The average molecular weight is 1100 g/mol. The van der Waals surface area contributed by atoms with Crippen molar-refractivity contribution in [2.24, 2.45) is 11.3 Å². The Labute approximate surface area is 469 Å². The number of carbonyl (C=O) groups is 6. The van der Waals surface area contributed by atoms with Gasteiger partial charge in [-0.1, -0.05) is 64.1 Å². The number of amides is 3. The number of aromatic nitrogens is 1. The van der Waals surface area contributed by atoms with E-state index in [4.69, 9.17) is 23.9 Å². The highest BCUT2D eigenvalue weighted by Gasteiger charge is 2.45. The standard InChI is InChI=1S/C61H78N6O11S/c1-10-61(6,7)57(71)59(73)66-28-12-11-21-48(66)60(74)78-52(25-23-42-24-26-53(75-8)54(32-42)76-9)43-17-14-20-46(33-43)77-29-27-62-55-22-15-19-45(63-55)35-65-36-47(34-50(65)58(72)64-44-18-13-16-38(2)30-44)79-56-40(4)49(31-39(3)69)67(41(5)70)51(56)37-68/h13-20,22,24,26,30,32-33,37,39-40,47-50,52,69H,10-12,21,23,25,27-29,31,34-36H2,1-9H3,(H,62,63)(H,64,72)/t39-,40-,47+,48+,49+,50+,52-/m1/s1. The van der Waals surface area contributed by atoms with Gasteiger partial charge in [0.05, 0.1) is 44.3 Å². The molecule has 0 saturated carbocycles. The fourth-order valence-corrected chi connectivity index (χ4v) is 12.2. The molecular formula is C61H78N6O11S. The summed E-state index contributed by atoms with van der Waals surface area (Å²) in [5.41, 5.74) is 3.56. The van der Waals surface area contributed by atoms with E-state index in [2.05, 4.69) is 15.5 Å². The molecule has 3 aliphatic rings. The van der Waals surface area contributed by atoms with Crippen LogP contribution in [-0.4, -0.2) is 130 Å². The molecule has 0 aliphatic carbocycles. The molecule has 7 atom stereocenters. The van der Waals surface area contributed by atoms with Crippen molar-refractivity contribution in [1.29, 1.82) is 0 Å². The third-order valence-electron chi connectivity index (χ3n) is 15.3. The lowest BCUT2D eigenvalue weighted by Gasteiger charge is -2.36. The number of likely N-dealkylation sites (tertiary alicyclic amines) is 2. The Morgan fingerprint density at radius 3 is 2.42 bits per heavy atom. The number of piperidine rings is 1. The minimum atomic E-state index is -0.895. The molecular weight excluding hydrogens is 1020 g/mol. The third-order valence-corrected chi connectivity index (χ3v) is 16.8. The van der Waals surface area contributed by atoms with E-state index >= 15 is 0 Å². The quantitative estimate of drug-likeness (QED) is 0.0245. The van der Waals surface area contributed by atoms with Crippen LogP contribution in [0.3, 0.4) is 0 Å². The van der Waals surface area contributed by atoms with Gasteiger partial charge in [-0.05, 0) is 130 Å². The van der Waals surface area contributed by atoms with E-state index in [0.29, 0.717) is 111 Å². The smallest absolute Gasteiger partial charge is 0.329 e. The number of nitrogens with zero attached hydrogens (tertiary/aromatic N) is 4. The first-order valence-electron chi connectivity index (χ1n) is 27.5. The summed E-state index contributed by atoms with van der Waals surface area (Å²) in [7, 11) is 3.15. The van der Waals surface area contributed by atoms with Crippen molar-refractivity contribution in [2.45, 2.75) is 142 Å². The predicted octanol–water partition coefficient (Wildman–Crippen LogP) is 8.86. The number of aldehydes is 1. The molecule has 7 rings (SSSR count). The van der Waals surface area contributed by atoms with Crippen LogP contribution in [0.5, 0.6) is 17.2 Å². The molecule has 18 heteroatoms. The number of benzene rings is 3. The molecule has 3 aromatic carbocycles. The molecule has 4 aromatic rings. The molecule has 79 heavy (non-hydrogen) atoms. The van der Waals surface area contributed by atoms with Crippen molar-refractivity contribution >= 4 is 59.0 Å². The van der Waals surface area contributed by atoms with Gasteiger partial charge in [-0.3, -0.25) is 28.9 Å². The van der Waals surface area contributed by atoms with Gasteiger partial charge in [0, 0.05) is 59.8 Å². The fourth-order valence-electron chi connectivity index (χ4n) is 10.7. The molecule has 0 radical (unpaired) electrons. The Bertz CT molecular complexity index is 2860. The number of ether oxygens (including phenoxy) is 4. The maximum Gasteiger partial charge on any atom is 0.329 e. The number of ketones is 1. The zero-order valence-electron chi connectivity index (χ0n) is 47.1. The van der Waals surface area contributed by atoms with E-state index in [1.165, 1.54) is 28.5 Å². The number of thioether (sulfide) groups is 1. The number of nitrogens with one attached hydrogen (secondary N) is 2. The summed E-state index contributed by atoms with van der Waals surface area (Å²) < 4.78 is 23.6. The normalized spacial score (nSPS) is 20.3. The molecule has 3 amide bonds. The molecule has 2 fully saturated rings. The van der Waals surface area contributed by atoms with E-state index in [1.54, 1.807) is 35.0 Å². The van der Waals surface area contributed by atoms with Crippen LogP contribution in [0, 0.1) is 18.3 Å². The van der Waals surface area contributed by atoms with Gasteiger partial charge in [-0.15, -0.1) is 11.8 Å². The molecule has 424 valence electrons. The summed E-state index contributed by atoms with van der Waals surface area (Å²) in [5.74, 6) is 0.0268. The summed E-state index contributed by atoms with van der Waals surface area (Å²) >= 11 is 1.54. The van der Waals surface area contributed by atoms with Crippen LogP contribution in [0.15, 0.2) is 95.5 Å². The van der Waals surface area contributed by atoms with Crippen LogP contribution in [0.25, 0.3) is 0 Å². The maximum atomic E-state index is 14.2. The van der Waals surface area contributed by atoms with Gasteiger partial charge in [0.15, 0.2) is 17.8 Å². The van der Waals surface area contributed by atoms with Crippen molar-refractivity contribution in [3.05, 3.63) is 118 Å². The summed E-state index contributed by atoms with van der Waals surface area (Å²) in [4.78, 5) is 91.6. The van der Waals surface area contributed by atoms with Crippen molar-refractivity contribution in [2.75, 3.05) is 51.1 Å². The molecule has 0 unspecified atom stereocenters. The number of anilines is 2. The number of aliphatic hydroxyl groups is 1. The second kappa shape index (κ2) is 27.4. The minimum absolute atomic E-state index is 0.0929. The number of carbonyl (C=O) groups excluding carboxylic acids is 6.